The molecule has 1 aromatic carbocycles. The first-order valence-electron chi connectivity index (χ1n) is 6.67. The lowest BCUT2D eigenvalue weighted by molar-refractivity contribution is -0.385. The maximum atomic E-state index is 10.9. The van der Waals surface area contributed by atoms with Crippen LogP contribution in [-0.2, 0) is 0 Å². The summed E-state index contributed by atoms with van der Waals surface area (Å²) in [5.74, 6) is 0.698. The predicted octanol–water partition coefficient (Wildman–Crippen LogP) is 2.67. The number of rotatable bonds is 7. The predicted molar refractivity (Wildman–Crippen MR) is 73.5 cm³/mol. The fourth-order valence-electron chi connectivity index (χ4n) is 1.83. The average molecular weight is 264 g/mol. The Morgan fingerprint density at radius 1 is 1.53 bits per heavy atom. The van der Waals surface area contributed by atoms with Crippen LogP contribution in [0, 0.1) is 23.0 Å². The molecule has 0 aromatic heterocycles. The van der Waals surface area contributed by atoms with Gasteiger partial charge in [0, 0.05) is 24.6 Å². The Kier molecular flexibility index (Phi) is 4.37. The van der Waals surface area contributed by atoms with Crippen molar-refractivity contribution in [3.8, 4) is 5.75 Å². The lowest BCUT2D eigenvalue weighted by atomic mass is 10.2. The van der Waals surface area contributed by atoms with Crippen molar-refractivity contribution < 1.29 is 9.66 Å². The molecule has 0 radical (unpaired) electrons. The third-order valence-electron chi connectivity index (χ3n) is 3.17. The number of aryl methyl sites for hydroxylation is 1. The molecule has 1 aliphatic carbocycles. The molecule has 0 saturated heterocycles. The largest absolute Gasteiger partial charge is 0.486 e. The Morgan fingerprint density at radius 3 is 2.89 bits per heavy atom. The quantitative estimate of drug-likeness (QED) is 0.607. The molecule has 0 amide bonds. The SMILES string of the molecule is Cc1ccc([N+](=O)[O-])c(OCC(C)CNC2CC2)c1. The Morgan fingerprint density at radius 2 is 2.26 bits per heavy atom. The number of nitrogens with one attached hydrogen (secondary N) is 1. The van der Waals surface area contributed by atoms with Gasteiger partial charge in [0.05, 0.1) is 11.5 Å². The Labute approximate surface area is 113 Å². The van der Waals surface area contributed by atoms with Gasteiger partial charge in [-0.2, -0.15) is 0 Å². The summed E-state index contributed by atoms with van der Waals surface area (Å²) in [5.41, 5.74) is 0.998. The summed E-state index contributed by atoms with van der Waals surface area (Å²) in [4.78, 5) is 10.5. The van der Waals surface area contributed by atoms with Gasteiger partial charge < -0.3 is 10.1 Å². The van der Waals surface area contributed by atoms with E-state index in [9.17, 15) is 10.1 Å². The van der Waals surface area contributed by atoms with Crippen LogP contribution >= 0.6 is 0 Å². The van der Waals surface area contributed by atoms with Crippen LogP contribution in [-0.4, -0.2) is 24.1 Å². The van der Waals surface area contributed by atoms with E-state index in [1.54, 1.807) is 12.1 Å². The van der Waals surface area contributed by atoms with E-state index in [4.69, 9.17) is 4.74 Å². The second kappa shape index (κ2) is 6.02. The summed E-state index contributed by atoms with van der Waals surface area (Å²) in [5, 5.41) is 14.3. The molecule has 2 rings (SSSR count). The molecular formula is C14H20N2O3. The monoisotopic (exact) mass is 264 g/mol. The lowest BCUT2D eigenvalue weighted by Crippen LogP contribution is -2.26. The van der Waals surface area contributed by atoms with Gasteiger partial charge in [-0.05, 0) is 31.4 Å². The Balaban J connectivity index is 1.89. The zero-order valence-corrected chi connectivity index (χ0v) is 11.4. The van der Waals surface area contributed by atoms with Gasteiger partial charge in [0.1, 0.15) is 0 Å². The van der Waals surface area contributed by atoms with Gasteiger partial charge in [-0.3, -0.25) is 10.1 Å². The summed E-state index contributed by atoms with van der Waals surface area (Å²) in [6.07, 6.45) is 2.52. The number of ether oxygens (including phenoxy) is 1. The van der Waals surface area contributed by atoms with E-state index in [0.29, 0.717) is 24.3 Å². The van der Waals surface area contributed by atoms with E-state index in [-0.39, 0.29) is 5.69 Å². The van der Waals surface area contributed by atoms with Crippen LogP contribution in [0.3, 0.4) is 0 Å². The molecule has 1 N–H and O–H groups in total. The molecule has 0 spiro atoms. The van der Waals surface area contributed by atoms with E-state index in [1.807, 2.05) is 6.92 Å². The maximum Gasteiger partial charge on any atom is 0.310 e. The van der Waals surface area contributed by atoms with Gasteiger partial charge in [0.25, 0.3) is 0 Å². The Hall–Kier alpha value is -1.62. The molecule has 5 heteroatoms. The normalized spacial score (nSPS) is 16.1. The van der Waals surface area contributed by atoms with E-state index < -0.39 is 4.92 Å². The third kappa shape index (κ3) is 4.21. The molecule has 19 heavy (non-hydrogen) atoms. The van der Waals surface area contributed by atoms with Crippen molar-refractivity contribution in [2.45, 2.75) is 32.7 Å². The molecule has 5 nitrogen and oxygen atoms in total. The standard InChI is InChI=1S/C14H20N2O3/c1-10-3-6-13(16(17)18)14(7-10)19-9-11(2)8-15-12-4-5-12/h3,6-7,11-12,15H,4-5,8-9H2,1-2H3. The molecule has 0 bridgehead atoms. The second-order valence-corrected chi connectivity index (χ2v) is 5.33. The number of nitrogens with zero attached hydrogens (tertiary/aromatic N) is 1. The van der Waals surface area contributed by atoms with Crippen molar-refractivity contribution in [3.05, 3.63) is 33.9 Å². The van der Waals surface area contributed by atoms with Crippen molar-refractivity contribution in [1.82, 2.24) is 5.32 Å². The summed E-state index contributed by atoms with van der Waals surface area (Å²) in [7, 11) is 0. The van der Waals surface area contributed by atoms with Crippen LogP contribution in [0.1, 0.15) is 25.3 Å². The van der Waals surface area contributed by atoms with Crippen molar-refractivity contribution in [2.24, 2.45) is 5.92 Å². The molecule has 1 fully saturated rings. The summed E-state index contributed by atoms with van der Waals surface area (Å²) in [6, 6.07) is 5.62. The second-order valence-electron chi connectivity index (χ2n) is 5.33. The molecule has 1 aromatic rings. The first kappa shape index (κ1) is 13.8. The molecule has 0 aliphatic heterocycles. The van der Waals surface area contributed by atoms with Crippen molar-refractivity contribution >= 4 is 5.69 Å². The lowest BCUT2D eigenvalue weighted by Gasteiger charge is -2.14. The fraction of sp³-hybridized carbons (Fsp3) is 0.571. The number of hydrogen-bond acceptors (Lipinski definition) is 4. The van der Waals surface area contributed by atoms with Crippen LogP contribution in [0.4, 0.5) is 5.69 Å². The van der Waals surface area contributed by atoms with Gasteiger partial charge in [-0.15, -0.1) is 0 Å². The first-order chi connectivity index (χ1) is 9.06. The molecule has 1 aliphatic rings. The van der Waals surface area contributed by atoms with E-state index in [2.05, 4.69) is 12.2 Å². The van der Waals surface area contributed by atoms with Gasteiger partial charge in [0.2, 0.25) is 0 Å². The summed E-state index contributed by atoms with van der Waals surface area (Å²) in [6.45, 7) is 5.36. The maximum absolute atomic E-state index is 10.9. The van der Waals surface area contributed by atoms with Crippen LogP contribution in [0.25, 0.3) is 0 Å². The highest BCUT2D eigenvalue weighted by Gasteiger charge is 2.21. The van der Waals surface area contributed by atoms with E-state index in [0.717, 1.165) is 12.1 Å². The molecule has 1 unspecified atom stereocenters. The number of nitro benzene ring substituents is 1. The van der Waals surface area contributed by atoms with Crippen molar-refractivity contribution in [3.63, 3.8) is 0 Å². The smallest absolute Gasteiger partial charge is 0.310 e. The zero-order chi connectivity index (χ0) is 13.8. The topological polar surface area (TPSA) is 64.4 Å². The molecular weight excluding hydrogens is 244 g/mol. The summed E-state index contributed by atoms with van der Waals surface area (Å²) < 4.78 is 5.61. The zero-order valence-electron chi connectivity index (χ0n) is 11.4. The number of nitro groups is 1. The average Bonchev–Trinajstić information content (AvgIpc) is 3.17. The van der Waals surface area contributed by atoms with Gasteiger partial charge in [0.15, 0.2) is 5.75 Å². The highest BCUT2D eigenvalue weighted by Crippen LogP contribution is 2.28. The highest BCUT2D eigenvalue weighted by molar-refractivity contribution is 5.48. The van der Waals surface area contributed by atoms with Crippen LogP contribution in [0.15, 0.2) is 18.2 Å². The molecule has 1 saturated carbocycles. The van der Waals surface area contributed by atoms with Crippen LogP contribution in [0.2, 0.25) is 0 Å². The fourth-order valence-corrected chi connectivity index (χ4v) is 1.83. The number of hydrogen-bond donors (Lipinski definition) is 1. The van der Waals surface area contributed by atoms with Crippen LogP contribution in [0.5, 0.6) is 5.75 Å². The minimum Gasteiger partial charge on any atom is -0.486 e. The molecule has 0 heterocycles. The van der Waals surface area contributed by atoms with Crippen molar-refractivity contribution in [2.75, 3.05) is 13.2 Å². The first-order valence-corrected chi connectivity index (χ1v) is 6.67. The minimum atomic E-state index is -0.401. The minimum absolute atomic E-state index is 0.0351. The van der Waals surface area contributed by atoms with E-state index in [1.165, 1.54) is 18.9 Å². The van der Waals surface area contributed by atoms with Crippen molar-refractivity contribution in [1.29, 1.82) is 0 Å². The Bertz CT molecular complexity index is 458. The molecule has 104 valence electrons. The third-order valence-corrected chi connectivity index (χ3v) is 3.17. The highest BCUT2D eigenvalue weighted by atomic mass is 16.6. The summed E-state index contributed by atoms with van der Waals surface area (Å²) >= 11 is 0. The molecule has 1 atom stereocenters. The van der Waals surface area contributed by atoms with Gasteiger partial charge in [-0.1, -0.05) is 13.0 Å². The van der Waals surface area contributed by atoms with E-state index >= 15 is 0 Å². The van der Waals surface area contributed by atoms with Gasteiger partial charge >= 0.3 is 5.69 Å². The number of benzene rings is 1. The van der Waals surface area contributed by atoms with Crippen LogP contribution < -0.4 is 10.1 Å². The van der Waals surface area contributed by atoms with Gasteiger partial charge in [-0.25, -0.2) is 0 Å².